The highest BCUT2D eigenvalue weighted by Gasteiger charge is 2.52. The number of nitrogens with zero attached hydrogens (tertiary/aromatic N) is 3. The lowest BCUT2D eigenvalue weighted by Crippen LogP contribution is -2.75. The Labute approximate surface area is 307 Å². The third-order valence-electron chi connectivity index (χ3n) is 10.5. The van der Waals surface area contributed by atoms with Gasteiger partial charge in [0.15, 0.2) is 25.5 Å². The third-order valence-corrected chi connectivity index (χ3v) is 15.3. The first-order valence-electron chi connectivity index (χ1n) is 17.8. The molecular weight excluding hydrogens is 653 g/mol. The van der Waals surface area contributed by atoms with Crippen LogP contribution in [0.4, 0.5) is 0 Å². The van der Waals surface area contributed by atoms with Crippen LogP contribution in [0.3, 0.4) is 0 Å². The van der Waals surface area contributed by atoms with E-state index >= 15 is 0 Å². The van der Waals surface area contributed by atoms with E-state index < -0.39 is 26.4 Å². The Hall–Kier alpha value is -5.47. The fourth-order valence-electron chi connectivity index (χ4n) is 7.08. The lowest BCUT2D eigenvalue weighted by Gasteiger charge is -2.35. The summed E-state index contributed by atoms with van der Waals surface area (Å²) in [5, 5.41) is 5.08. The molecule has 1 fully saturated rings. The van der Waals surface area contributed by atoms with Gasteiger partial charge in [0.2, 0.25) is 0 Å². The summed E-state index contributed by atoms with van der Waals surface area (Å²) in [6, 6.07) is 59.8. The van der Waals surface area contributed by atoms with Gasteiger partial charge in [-0.05, 0) is 53.9 Å². The van der Waals surface area contributed by atoms with Gasteiger partial charge >= 0.3 is 7.12 Å². The maximum absolute atomic E-state index is 6.56. The first-order valence-corrected chi connectivity index (χ1v) is 19.8. The molecule has 6 aromatic carbocycles. The first-order chi connectivity index (χ1) is 25.2. The summed E-state index contributed by atoms with van der Waals surface area (Å²) in [6.07, 6.45) is 0. The van der Waals surface area contributed by atoms with Crippen LogP contribution in [0.1, 0.15) is 27.7 Å². The van der Waals surface area contributed by atoms with Crippen LogP contribution in [-0.2, 0) is 9.31 Å². The van der Waals surface area contributed by atoms with Crippen molar-refractivity contribution in [2.75, 3.05) is 0 Å². The minimum absolute atomic E-state index is 0.438. The fraction of sp³-hybridized carbons (Fsp3) is 0.133. The monoisotopic (exact) mass is 693 g/mol. The Bertz CT molecular complexity index is 2190. The first kappa shape index (κ1) is 33.7. The van der Waals surface area contributed by atoms with Gasteiger partial charge in [-0.1, -0.05) is 170 Å². The predicted octanol–water partition coefficient (Wildman–Crippen LogP) is 6.55. The van der Waals surface area contributed by atoms with E-state index in [-0.39, 0.29) is 0 Å². The highest BCUT2D eigenvalue weighted by Crippen LogP contribution is 2.36. The summed E-state index contributed by atoms with van der Waals surface area (Å²) in [5.74, 6) is 1.92. The molecule has 0 bridgehead atoms. The van der Waals surface area contributed by atoms with Crippen LogP contribution in [0.5, 0.6) is 0 Å². The van der Waals surface area contributed by atoms with Crippen molar-refractivity contribution in [2.45, 2.75) is 38.9 Å². The van der Waals surface area contributed by atoms with E-state index in [1.54, 1.807) is 0 Å². The van der Waals surface area contributed by atoms with E-state index in [9.17, 15) is 0 Å². The minimum Gasteiger partial charge on any atom is -0.399 e. The van der Waals surface area contributed by atoms with E-state index in [1.807, 2.05) is 60.7 Å². The molecule has 0 spiro atoms. The molecule has 0 saturated carbocycles. The van der Waals surface area contributed by atoms with Gasteiger partial charge in [0.1, 0.15) is 0 Å². The molecule has 1 saturated heterocycles. The number of aromatic nitrogens is 3. The normalized spacial score (nSPS) is 15.0. The van der Waals surface area contributed by atoms with Crippen LogP contribution in [0.15, 0.2) is 170 Å². The summed E-state index contributed by atoms with van der Waals surface area (Å²) in [6.45, 7) is 8.40. The van der Waals surface area contributed by atoms with Crippen LogP contribution < -0.4 is 26.2 Å². The molecule has 0 N–H and O–H groups in total. The average molecular weight is 694 g/mol. The smallest absolute Gasteiger partial charge is 0.399 e. The molecule has 8 rings (SSSR count). The minimum atomic E-state index is -2.87. The Balaban J connectivity index is 1.30. The van der Waals surface area contributed by atoms with Crippen LogP contribution in [0, 0.1) is 0 Å². The lowest BCUT2D eigenvalue weighted by molar-refractivity contribution is 0.00578. The SMILES string of the molecule is CC1(C)OB(c2cccc([Si](c3ccccc3)(c3ccccc3)c3ccc(-c4nc(-c5ccccc5)nc(-c5ccccc5)n4)cc3)c2)OC1(C)C. The van der Waals surface area contributed by atoms with Gasteiger partial charge in [-0.2, -0.15) is 0 Å². The average Bonchev–Trinajstić information content (AvgIpc) is 3.42. The van der Waals surface area contributed by atoms with Gasteiger partial charge in [0, 0.05) is 16.7 Å². The Morgan fingerprint density at radius 3 is 1.21 bits per heavy atom. The molecule has 0 unspecified atom stereocenters. The van der Waals surface area contributed by atoms with Crippen molar-refractivity contribution < 1.29 is 9.31 Å². The van der Waals surface area contributed by atoms with Crippen molar-refractivity contribution >= 4 is 41.4 Å². The van der Waals surface area contributed by atoms with Gasteiger partial charge in [-0.25, -0.2) is 15.0 Å². The highest BCUT2D eigenvalue weighted by molar-refractivity contribution is 7.20. The van der Waals surface area contributed by atoms with Crippen molar-refractivity contribution in [3.8, 4) is 34.2 Å². The van der Waals surface area contributed by atoms with Crippen molar-refractivity contribution in [2.24, 2.45) is 0 Å². The lowest BCUT2D eigenvalue weighted by atomic mass is 9.79. The topological polar surface area (TPSA) is 57.1 Å². The Morgan fingerprint density at radius 2 is 0.769 bits per heavy atom. The fourth-order valence-corrected chi connectivity index (χ4v) is 11.9. The maximum atomic E-state index is 6.56. The van der Waals surface area contributed by atoms with E-state index in [1.165, 1.54) is 20.7 Å². The van der Waals surface area contributed by atoms with E-state index in [0.29, 0.717) is 17.5 Å². The van der Waals surface area contributed by atoms with Gasteiger partial charge in [0.05, 0.1) is 11.2 Å². The van der Waals surface area contributed by atoms with Crippen molar-refractivity contribution in [1.29, 1.82) is 0 Å². The Morgan fingerprint density at radius 1 is 0.404 bits per heavy atom. The zero-order valence-electron chi connectivity index (χ0n) is 29.9. The molecule has 0 aliphatic carbocycles. The second-order valence-electron chi connectivity index (χ2n) is 14.3. The summed E-state index contributed by atoms with van der Waals surface area (Å²) < 4.78 is 13.1. The molecule has 0 amide bonds. The van der Waals surface area contributed by atoms with Crippen LogP contribution in [-0.4, -0.2) is 41.3 Å². The van der Waals surface area contributed by atoms with Crippen LogP contribution in [0.25, 0.3) is 34.2 Å². The van der Waals surface area contributed by atoms with Gasteiger partial charge in [0.25, 0.3) is 0 Å². The maximum Gasteiger partial charge on any atom is 0.494 e. The van der Waals surface area contributed by atoms with Crippen LogP contribution >= 0.6 is 0 Å². The van der Waals surface area contributed by atoms with Crippen molar-refractivity contribution in [3.05, 3.63) is 170 Å². The number of benzene rings is 6. The van der Waals surface area contributed by atoms with Gasteiger partial charge in [-0.15, -0.1) is 0 Å². The zero-order valence-corrected chi connectivity index (χ0v) is 30.9. The number of hydrogen-bond donors (Lipinski definition) is 0. The van der Waals surface area contributed by atoms with E-state index in [4.69, 9.17) is 24.3 Å². The Kier molecular flexibility index (Phi) is 8.79. The number of hydrogen-bond acceptors (Lipinski definition) is 5. The third kappa shape index (κ3) is 6.11. The van der Waals surface area contributed by atoms with Gasteiger partial charge in [-0.3, -0.25) is 0 Å². The molecule has 254 valence electrons. The molecule has 7 heteroatoms. The second kappa shape index (κ2) is 13.6. The second-order valence-corrected chi connectivity index (χ2v) is 18.1. The molecule has 2 heterocycles. The molecule has 7 aromatic rings. The molecule has 1 aliphatic heterocycles. The van der Waals surface area contributed by atoms with Crippen LogP contribution in [0.2, 0.25) is 0 Å². The summed E-state index contributed by atoms with van der Waals surface area (Å²) in [7, 11) is -3.33. The molecule has 1 aliphatic rings. The highest BCUT2D eigenvalue weighted by atomic mass is 28.3. The van der Waals surface area contributed by atoms with Gasteiger partial charge < -0.3 is 9.31 Å². The molecule has 52 heavy (non-hydrogen) atoms. The van der Waals surface area contributed by atoms with Crippen molar-refractivity contribution in [3.63, 3.8) is 0 Å². The molecule has 1 aromatic heterocycles. The van der Waals surface area contributed by atoms with E-state index in [0.717, 1.165) is 22.2 Å². The zero-order chi connectivity index (χ0) is 35.8. The molecule has 0 radical (unpaired) electrons. The largest absolute Gasteiger partial charge is 0.494 e. The summed E-state index contributed by atoms with van der Waals surface area (Å²) >= 11 is 0. The summed E-state index contributed by atoms with van der Waals surface area (Å²) in [4.78, 5) is 14.9. The van der Waals surface area contributed by atoms with Crippen molar-refractivity contribution in [1.82, 2.24) is 15.0 Å². The standard InChI is InChI=1S/C45H40BN3O2Si/c1-44(2)45(3,4)51-46(50-44)36-22-17-27-40(32-36)52(37-23-13-7-14-24-37,38-25-15-8-16-26-38)39-30-28-35(29-31-39)43-48-41(33-18-9-5-10-19-33)47-42(49-43)34-20-11-6-12-21-34/h5-32H,1-4H3. The number of rotatable bonds is 8. The molecule has 0 atom stereocenters. The molecular formula is C45H40BN3O2Si. The van der Waals surface area contributed by atoms with E-state index in [2.05, 4.69) is 137 Å². The summed E-state index contributed by atoms with van der Waals surface area (Å²) in [5.41, 5.74) is 2.96. The predicted molar refractivity (Wildman–Crippen MR) is 215 cm³/mol. The molecule has 5 nitrogen and oxygen atoms in total. The quantitative estimate of drug-likeness (QED) is 0.134.